The summed E-state index contributed by atoms with van der Waals surface area (Å²) in [6, 6.07) is 32.3. The van der Waals surface area contributed by atoms with Gasteiger partial charge in [-0.15, -0.1) is 0 Å². The molecule has 2 heterocycles. The second-order valence-electron chi connectivity index (χ2n) is 8.47. The van der Waals surface area contributed by atoms with Gasteiger partial charge in [0.1, 0.15) is 11.5 Å². The Morgan fingerprint density at radius 1 is 0.833 bits per heavy atom. The van der Waals surface area contributed by atoms with Gasteiger partial charge in [-0.1, -0.05) is 48.5 Å². The van der Waals surface area contributed by atoms with Crippen LogP contribution >= 0.6 is 0 Å². The van der Waals surface area contributed by atoms with Crippen LogP contribution in [0.1, 0.15) is 17.0 Å². The van der Waals surface area contributed by atoms with E-state index in [9.17, 15) is 4.79 Å². The normalized spacial score (nSPS) is 15.9. The molecule has 0 bridgehead atoms. The van der Waals surface area contributed by atoms with Crippen molar-refractivity contribution in [2.75, 3.05) is 18.7 Å². The van der Waals surface area contributed by atoms with E-state index in [1.807, 2.05) is 91.0 Å². The molecule has 4 aromatic rings. The largest absolute Gasteiger partial charge is 0.457 e. The second kappa shape index (κ2) is 9.46. The number of benzene rings is 4. The third-order valence-corrected chi connectivity index (χ3v) is 6.10. The number of hydrazone groups is 1. The van der Waals surface area contributed by atoms with Gasteiger partial charge in [0.2, 0.25) is 6.79 Å². The van der Waals surface area contributed by atoms with Crippen LogP contribution in [0, 0.1) is 0 Å². The van der Waals surface area contributed by atoms with E-state index >= 15 is 0 Å². The molecule has 1 unspecified atom stereocenters. The average molecular weight is 478 g/mol. The molecule has 0 saturated heterocycles. The third-order valence-electron chi connectivity index (χ3n) is 6.10. The molecular weight excluding hydrogens is 454 g/mol. The Bertz CT molecular complexity index is 1410. The lowest BCUT2D eigenvalue weighted by Crippen LogP contribution is -2.30. The number of nitrogens with one attached hydrogen (secondary N) is 1. The van der Waals surface area contributed by atoms with Crippen LogP contribution in [0.5, 0.6) is 23.0 Å². The summed E-state index contributed by atoms with van der Waals surface area (Å²) in [4.78, 5) is 13.2. The van der Waals surface area contributed by atoms with Gasteiger partial charge in [0.25, 0.3) is 0 Å². The molecular formula is C29H23N3O4. The van der Waals surface area contributed by atoms with Crippen molar-refractivity contribution in [2.24, 2.45) is 5.10 Å². The molecule has 0 aromatic heterocycles. The molecule has 0 aliphatic carbocycles. The van der Waals surface area contributed by atoms with E-state index in [0.29, 0.717) is 29.5 Å². The molecule has 36 heavy (non-hydrogen) atoms. The monoisotopic (exact) mass is 477 g/mol. The highest BCUT2D eigenvalue weighted by Gasteiger charge is 2.33. The quantitative estimate of drug-likeness (QED) is 0.369. The molecule has 178 valence electrons. The molecule has 0 fully saturated rings. The van der Waals surface area contributed by atoms with Gasteiger partial charge in [0.05, 0.1) is 12.3 Å². The molecule has 1 N–H and O–H groups in total. The molecule has 0 saturated carbocycles. The number of rotatable bonds is 5. The number of fused-ring (bicyclic) bond motifs is 1. The van der Waals surface area contributed by atoms with Crippen LogP contribution < -0.4 is 19.5 Å². The number of carbonyl (C=O) groups is 1. The number of anilines is 1. The summed E-state index contributed by atoms with van der Waals surface area (Å²) >= 11 is 0. The van der Waals surface area contributed by atoms with Crippen molar-refractivity contribution < 1.29 is 19.0 Å². The standard InChI is InChI=1S/C29H23N3O4/c33-29(30-22-12-14-24(15-13-22)36-23-9-5-2-6-10-23)32-18-25(20-7-3-1-4-8-20)28(31-32)21-11-16-26-27(17-21)35-19-34-26/h1-17,25H,18-19H2,(H,30,33). The summed E-state index contributed by atoms with van der Waals surface area (Å²) < 4.78 is 16.8. The van der Waals surface area contributed by atoms with Crippen LogP contribution in [0.2, 0.25) is 0 Å². The Hall–Kier alpha value is -4.78. The summed E-state index contributed by atoms with van der Waals surface area (Å²) in [5.41, 5.74) is 3.45. The van der Waals surface area contributed by atoms with Gasteiger partial charge in [-0.2, -0.15) is 5.10 Å². The first kappa shape index (κ1) is 21.7. The fourth-order valence-electron chi connectivity index (χ4n) is 4.31. The minimum absolute atomic E-state index is 0.0704. The molecule has 7 nitrogen and oxygen atoms in total. The van der Waals surface area contributed by atoms with E-state index in [1.54, 1.807) is 0 Å². The van der Waals surface area contributed by atoms with Crippen LogP contribution in [-0.4, -0.2) is 30.1 Å². The Labute approximate surface area is 208 Å². The minimum Gasteiger partial charge on any atom is -0.457 e. The van der Waals surface area contributed by atoms with Crippen molar-refractivity contribution in [3.63, 3.8) is 0 Å². The maximum Gasteiger partial charge on any atom is 0.342 e. The number of amides is 2. The van der Waals surface area contributed by atoms with Gasteiger partial charge in [-0.05, 0) is 60.2 Å². The van der Waals surface area contributed by atoms with Crippen molar-refractivity contribution in [2.45, 2.75) is 5.92 Å². The Morgan fingerprint density at radius 2 is 1.53 bits per heavy atom. The van der Waals surface area contributed by atoms with Crippen LogP contribution in [0.4, 0.5) is 10.5 Å². The number of carbonyl (C=O) groups excluding carboxylic acids is 1. The molecule has 0 radical (unpaired) electrons. The zero-order valence-corrected chi connectivity index (χ0v) is 19.3. The fourth-order valence-corrected chi connectivity index (χ4v) is 4.31. The molecule has 0 spiro atoms. The fraction of sp³-hybridized carbons (Fsp3) is 0.103. The average Bonchev–Trinajstić information content (AvgIpc) is 3.58. The predicted molar refractivity (Wildman–Crippen MR) is 137 cm³/mol. The Kier molecular flexibility index (Phi) is 5.71. The van der Waals surface area contributed by atoms with Crippen molar-refractivity contribution in [3.8, 4) is 23.0 Å². The smallest absolute Gasteiger partial charge is 0.342 e. The van der Waals surface area contributed by atoms with Gasteiger partial charge < -0.3 is 19.5 Å². The summed E-state index contributed by atoms with van der Waals surface area (Å²) in [6.45, 7) is 0.631. The maximum atomic E-state index is 13.2. The lowest BCUT2D eigenvalue weighted by molar-refractivity contribution is 0.174. The van der Waals surface area contributed by atoms with Gasteiger partial charge >= 0.3 is 6.03 Å². The molecule has 2 aliphatic heterocycles. The Balaban J connectivity index is 1.21. The number of nitrogens with zero attached hydrogens (tertiary/aromatic N) is 2. The predicted octanol–water partition coefficient (Wildman–Crippen LogP) is 6.24. The zero-order valence-electron chi connectivity index (χ0n) is 19.3. The van der Waals surface area contributed by atoms with Crippen molar-refractivity contribution >= 4 is 17.4 Å². The summed E-state index contributed by atoms with van der Waals surface area (Å²) in [5, 5.41) is 9.15. The first-order chi connectivity index (χ1) is 17.7. The molecule has 1 atom stereocenters. The lowest BCUT2D eigenvalue weighted by atomic mass is 9.90. The summed E-state index contributed by atoms with van der Waals surface area (Å²) in [7, 11) is 0. The zero-order chi connectivity index (χ0) is 24.3. The summed E-state index contributed by atoms with van der Waals surface area (Å²) in [5.74, 6) is 2.76. The number of ether oxygens (including phenoxy) is 3. The van der Waals surface area contributed by atoms with Crippen molar-refractivity contribution in [3.05, 3.63) is 114 Å². The van der Waals surface area contributed by atoms with E-state index in [0.717, 1.165) is 22.6 Å². The Morgan fingerprint density at radius 3 is 2.31 bits per heavy atom. The van der Waals surface area contributed by atoms with Crippen LogP contribution in [0.3, 0.4) is 0 Å². The van der Waals surface area contributed by atoms with Crippen molar-refractivity contribution in [1.29, 1.82) is 0 Å². The highest BCUT2D eigenvalue weighted by Crippen LogP contribution is 2.36. The molecule has 6 rings (SSSR count). The van der Waals surface area contributed by atoms with Gasteiger partial charge in [0, 0.05) is 17.2 Å². The van der Waals surface area contributed by atoms with Crippen molar-refractivity contribution in [1.82, 2.24) is 5.01 Å². The highest BCUT2D eigenvalue weighted by atomic mass is 16.7. The molecule has 4 aromatic carbocycles. The number of urea groups is 1. The second-order valence-corrected chi connectivity index (χ2v) is 8.47. The maximum absolute atomic E-state index is 13.2. The van der Waals surface area contributed by atoms with E-state index in [-0.39, 0.29) is 18.7 Å². The summed E-state index contributed by atoms with van der Waals surface area (Å²) in [6.07, 6.45) is 0. The van der Waals surface area contributed by atoms with E-state index < -0.39 is 0 Å². The molecule has 2 aliphatic rings. The van der Waals surface area contributed by atoms with Crippen LogP contribution in [0.15, 0.2) is 108 Å². The van der Waals surface area contributed by atoms with Crippen LogP contribution in [-0.2, 0) is 0 Å². The lowest BCUT2D eigenvalue weighted by Gasteiger charge is -2.16. The van der Waals surface area contributed by atoms with Gasteiger partial charge in [0.15, 0.2) is 11.5 Å². The molecule has 7 heteroatoms. The first-order valence-electron chi connectivity index (χ1n) is 11.7. The number of hydrogen-bond acceptors (Lipinski definition) is 5. The van der Waals surface area contributed by atoms with E-state index in [2.05, 4.69) is 17.4 Å². The topological polar surface area (TPSA) is 72.4 Å². The number of para-hydroxylation sites is 1. The van der Waals surface area contributed by atoms with E-state index in [4.69, 9.17) is 19.3 Å². The first-order valence-corrected chi connectivity index (χ1v) is 11.7. The van der Waals surface area contributed by atoms with Crippen LogP contribution in [0.25, 0.3) is 0 Å². The SMILES string of the molecule is O=C(Nc1ccc(Oc2ccccc2)cc1)N1CC(c2ccccc2)C(c2ccc3c(c2)OCO3)=N1. The number of hydrogen-bond donors (Lipinski definition) is 1. The minimum atomic E-state index is -0.302. The highest BCUT2D eigenvalue weighted by molar-refractivity contribution is 6.08. The van der Waals surface area contributed by atoms with Gasteiger partial charge in [-0.25, -0.2) is 9.80 Å². The van der Waals surface area contributed by atoms with E-state index in [1.165, 1.54) is 5.01 Å². The third kappa shape index (κ3) is 4.46. The van der Waals surface area contributed by atoms with Gasteiger partial charge in [-0.3, -0.25) is 0 Å². The molecule has 2 amide bonds.